The van der Waals surface area contributed by atoms with E-state index in [0.717, 1.165) is 55.8 Å². The lowest BCUT2D eigenvalue weighted by Crippen LogP contribution is -2.25. The number of anilines is 4. The fourth-order valence-corrected chi connectivity index (χ4v) is 8.87. The van der Waals surface area contributed by atoms with Gasteiger partial charge in [0.15, 0.2) is 0 Å². The average molecular weight is 778 g/mol. The molecule has 296 valence electrons. The van der Waals surface area contributed by atoms with Gasteiger partial charge in [0.2, 0.25) is 0 Å². The standard InChI is InChI=1S/C54H54N4O/c1-34(2)43-19-15-20-44(35(3)4)52(43)38-28-40(56-33-57(49-23-13-12-22-48(49)56)53-36(5)16-14-17-37(53)6)31-42(29-38)59-41-24-25-46-45-18-10-11-21-47(45)58(50(46)32-41)51-30-39(26-27-55-51)54(7,8)9/h10-32,34-35H,33H2,1-9H3/i5D3. The molecule has 0 saturated heterocycles. The van der Waals surface area contributed by atoms with Gasteiger partial charge in [-0.25, -0.2) is 4.98 Å². The van der Waals surface area contributed by atoms with Crippen LogP contribution in [0.5, 0.6) is 11.5 Å². The zero-order valence-corrected chi connectivity index (χ0v) is 35.3. The number of hydrogen-bond donors (Lipinski definition) is 0. The third-order valence-electron chi connectivity index (χ3n) is 11.8. The molecule has 5 heteroatoms. The van der Waals surface area contributed by atoms with E-state index in [4.69, 9.17) is 13.8 Å². The summed E-state index contributed by atoms with van der Waals surface area (Å²) in [6.07, 6.45) is 1.91. The largest absolute Gasteiger partial charge is 0.457 e. The van der Waals surface area contributed by atoms with Crippen molar-refractivity contribution in [3.63, 3.8) is 0 Å². The second-order valence-electron chi connectivity index (χ2n) is 17.6. The first kappa shape index (κ1) is 34.7. The Labute approximate surface area is 353 Å². The van der Waals surface area contributed by atoms with Crippen LogP contribution in [0.4, 0.5) is 22.7 Å². The Hall–Kier alpha value is -6.33. The Kier molecular flexibility index (Phi) is 8.70. The summed E-state index contributed by atoms with van der Waals surface area (Å²) >= 11 is 0. The Balaban J connectivity index is 1.23. The summed E-state index contributed by atoms with van der Waals surface area (Å²) in [5.41, 5.74) is 13.0. The van der Waals surface area contributed by atoms with E-state index >= 15 is 0 Å². The first-order valence-electron chi connectivity index (χ1n) is 22.3. The number of ether oxygens (including phenoxy) is 1. The van der Waals surface area contributed by atoms with Crippen LogP contribution in [0.2, 0.25) is 0 Å². The number of pyridine rings is 1. The summed E-state index contributed by atoms with van der Waals surface area (Å²) in [5, 5.41) is 2.28. The SMILES string of the molecule is [2H]C([2H])([2H])c1cccc(C)c1N1CN(c2cc(Oc3ccc4c5ccccc5n(-c5cc(C(C)(C)C)ccn5)c4c3)cc(-c3c(C(C)C)cccc3C(C)C)c2)c2ccccc21. The van der Waals surface area contributed by atoms with Gasteiger partial charge in [-0.05, 0) is 125 Å². The molecule has 0 N–H and O–H groups in total. The van der Waals surface area contributed by atoms with Gasteiger partial charge >= 0.3 is 0 Å². The van der Waals surface area contributed by atoms with Crippen molar-refractivity contribution < 1.29 is 8.85 Å². The van der Waals surface area contributed by atoms with E-state index in [0.29, 0.717) is 29.4 Å². The van der Waals surface area contributed by atoms with E-state index in [-0.39, 0.29) is 17.3 Å². The van der Waals surface area contributed by atoms with Crippen LogP contribution in [0.25, 0.3) is 38.8 Å². The Morgan fingerprint density at radius 3 is 2.05 bits per heavy atom. The molecule has 0 amide bonds. The minimum atomic E-state index is -2.28. The molecule has 0 unspecified atom stereocenters. The van der Waals surface area contributed by atoms with Gasteiger partial charge in [0.05, 0.1) is 22.4 Å². The topological polar surface area (TPSA) is 33.5 Å². The Morgan fingerprint density at radius 2 is 1.32 bits per heavy atom. The molecule has 0 radical (unpaired) electrons. The third-order valence-corrected chi connectivity index (χ3v) is 11.8. The van der Waals surface area contributed by atoms with E-state index in [2.05, 4.69) is 166 Å². The van der Waals surface area contributed by atoms with Crippen molar-refractivity contribution in [2.75, 3.05) is 16.5 Å². The summed E-state index contributed by atoms with van der Waals surface area (Å²) in [4.78, 5) is 9.34. The number of hydrogen-bond acceptors (Lipinski definition) is 4. The molecule has 2 aromatic heterocycles. The van der Waals surface area contributed by atoms with Gasteiger partial charge in [-0.2, -0.15) is 0 Å². The fourth-order valence-electron chi connectivity index (χ4n) is 8.87. The summed E-state index contributed by atoms with van der Waals surface area (Å²) in [5.74, 6) is 2.85. The van der Waals surface area contributed by atoms with Crippen LogP contribution in [0, 0.1) is 13.8 Å². The summed E-state index contributed by atoms with van der Waals surface area (Å²) in [6.45, 7) is 15.8. The minimum absolute atomic E-state index is 0.0401. The molecule has 0 saturated carbocycles. The highest BCUT2D eigenvalue weighted by molar-refractivity contribution is 6.09. The van der Waals surface area contributed by atoms with Crippen LogP contribution >= 0.6 is 0 Å². The normalized spacial score (nSPS) is 14.0. The van der Waals surface area contributed by atoms with Crippen molar-refractivity contribution in [1.82, 2.24) is 9.55 Å². The third kappa shape index (κ3) is 6.82. The predicted molar refractivity (Wildman–Crippen MR) is 249 cm³/mol. The molecule has 1 aliphatic heterocycles. The number of aromatic nitrogens is 2. The maximum atomic E-state index is 8.49. The van der Waals surface area contributed by atoms with Gasteiger partial charge < -0.3 is 14.5 Å². The lowest BCUT2D eigenvalue weighted by atomic mass is 9.85. The first-order chi connectivity index (χ1) is 29.6. The molecule has 3 heterocycles. The Morgan fingerprint density at radius 1 is 0.644 bits per heavy atom. The van der Waals surface area contributed by atoms with E-state index < -0.39 is 6.85 Å². The highest BCUT2D eigenvalue weighted by Crippen LogP contribution is 2.48. The van der Waals surface area contributed by atoms with Gasteiger partial charge in [0, 0.05) is 44.6 Å². The number of rotatable bonds is 8. The lowest BCUT2D eigenvalue weighted by molar-refractivity contribution is 0.483. The lowest BCUT2D eigenvalue weighted by Gasteiger charge is -2.26. The van der Waals surface area contributed by atoms with Gasteiger partial charge in [-0.1, -0.05) is 115 Å². The second-order valence-corrected chi connectivity index (χ2v) is 17.6. The second kappa shape index (κ2) is 14.8. The first-order valence-corrected chi connectivity index (χ1v) is 20.8. The number of nitrogens with zero attached hydrogens (tertiary/aromatic N) is 4. The molecule has 0 fully saturated rings. The van der Waals surface area contributed by atoms with Crippen molar-refractivity contribution in [2.24, 2.45) is 0 Å². The number of fused-ring (bicyclic) bond motifs is 4. The van der Waals surface area contributed by atoms with Crippen LogP contribution in [0.3, 0.4) is 0 Å². The quantitative estimate of drug-likeness (QED) is 0.154. The van der Waals surface area contributed by atoms with Crippen molar-refractivity contribution >= 4 is 44.6 Å². The highest BCUT2D eigenvalue weighted by atomic mass is 16.5. The zero-order valence-electron chi connectivity index (χ0n) is 38.3. The molecule has 8 aromatic rings. The minimum Gasteiger partial charge on any atom is -0.457 e. The van der Waals surface area contributed by atoms with Crippen molar-refractivity contribution in [1.29, 1.82) is 0 Å². The molecule has 0 atom stereocenters. The monoisotopic (exact) mass is 777 g/mol. The van der Waals surface area contributed by atoms with E-state index in [1.165, 1.54) is 22.3 Å². The molecule has 1 aliphatic rings. The highest BCUT2D eigenvalue weighted by Gasteiger charge is 2.30. The summed E-state index contributed by atoms with van der Waals surface area (Å²) < 4.78 is 34.8. The molecule has 5 nitrogen and oxygen atoms in total. The van der Waals surface area contributed by atoms with Gasteiger partial charge in [-0.3, -0.25) is 4.57 Å². The molecule has 59 heavy (non-hydrogen) atoms. The molecule has 6 aromatic carbocycles. The Bertz CT molecular complexity index is 2960. The van der Waals surface area contributed by atoms with Crippen LogP contribution in [0.15, 0.2) is 140 Å². The average Bonchev–Trinajstić information content (AvgIpc) is 3.78. The van der Waals surface area contributed by atoms with E-state index in [9.17, 15) is 0 Å². The van der Waals surface area contributed by atoms with Crippen molar-refractivity contribution in [3.05, 3.63) is 167 Å². The number of benzene rings is 6. The summed E-state index contributed by atoms with van der Waals surface area (Å²) in [7, 11) is 0. The number of aryl methyl sites for hydroxylation is 2. The van der Waals surface area contributed by atoms with Crippen molar-refractivity contribution in [3.8, 4) is 28.4 Å². The zero-order chi connectivity index (χ0) is 43.7. The van der Waals surface area contributed by atoms with E-state index in [1.54, 1.807) is 6.07 Å². The molecule has 0 aliphatic carbocycles. The number of para-hydroxylation sites is 4. The van der Waals surface area contributed by atoms with Gasteiger partial charge in [0.25, 0.3) is 0 Å². The van der Waals surface area contributed by atoms with Gasteiger partial charge in [0.1, 0.15) is 24.0 Å². The van der Waals surface area contributed by atoms with Crippen LogP contribution < -0.4 is 14.5 Å². The van der Waals surface area contributed by atoms with Crippen LogP contribution in [0.1, 0.15) is 92.2 Å². The molecular weight excluding hydrogens is 721 g/mol. The maximum absolute atomic E-state index is 8.49. The fraction of sp³-hybridized carbons (Fsp3) is 0.241. The van der Waals surface area contributed by atoms with Crippen LogP contribution in [-0.4, -0.2) is 16.2 Å². The molecule has 9 rings (SSSR count). The molecule has 0 bridgehead atoms. The van der Waals surface area contributed by atoms with Gasteiger partial charge in [-0.15, -0.1) is 0 Å². The predicted octanol–water partition coefficient (Wildman–Crippen LogP) is 15.0. The molecule has 0 spiro atoms. The summed E-state index contributed by atoms with van der Waals surface area (Å²) in [6, 6.07) is 46.2. The van der Waals surface area contributed by atoms with Crippen LogP contribution in [-0.2, 0) is 5.41 Å². The van der Waals surface area contributed by atoms with Crippen molar-refractivity contribution in [2.45, 2.75) is 79.5 Å². The smallest absolute Gasteiger partial charge is 0.137 e. The maximum Gasteiger partial charge on any atom is 0.137 e. The van der Waals surface area contributed by atoms with E-state index in [1.807, 2.05) is 37.4 Å². The molecular formula is C54H54N4O.